The van der Waals surface area contributed by atoms with Crippen molar-refractivity contribution in [3.8, 4) is 11.5 Å². The average molecular weight is 326 g/mol. The van der Waals surface area contributed by atoms with Gasteiger partial charge in [0.2, 0.25) is 6.79 Å². The van der Waals surface area contributed by atoms with Crippen molar-refractivity contribution in [1.82, 2.24) is 5.32 Å². The van der Waals surface area contributed by atoms with E-state index in [1.807, 2.05) is 19.1 Å². The van der Waals surface area contributed by atoms with Gasteiger partial charge < -0.3 is 20.5 Å². The maximum Gasteiger partial charge on any atom is 0.231 e. The van der Waals surface area contributed by atoms with Gasteiger partial charge in [0.05, 0.1) is 11.0 Å². The van der Waals surface area contributed by atoms with Gasteiger partial charge in [0.25, 0.3) is 0 Å². The van der Waals surface area contributed by atoms with Crippen LogP contribution in [0.2, 0.25) is 0 Å². The monoisotopic (exact) mass is 325 g/mol. The maximum atomic E-state index is 5.75. The number of nitrogens with one attached hydrogen (secondary N) is 1. The van der Waals surface area contributed by atoms with Crippen LogP contribution in [0.3, 0.4) is 0 Å². The predicted octanol–water partition coefficient (Wildman–Crippen LogP) is 2.16. The molecule has 0 spiro atoms. The molecule has 19 heavy (non-hydrogen) atoms. The van der Waals surface area contributed by atoms with Gasteiger partial charge in [-0.1, -0.05) is 12.2 Å². The quantitative estimate of drug-likeness (QED) is 0.505. The summed E-state index contributed by atoms with van der Waals surface area (Å²) in [5.74, 6) is 1.87. The van der Waals surface area contributed by atoms with Crippen LogP contribution in [0.5, 0.6) is 11.5 Å². The molecule has 0 amide bonds. The molecular weight excluding hydrogens is 310 g/mol. The Labute approximate surface area is 120 Å². The van der Waals surface area contributed by atoms with Crippen molar-refractivity contribution in [3.05, 3.63) is 34.3 Å². The van der Waals surface area contributed by atoms with Crippen LogP contribution in [0.15, 0.2) is 33.7 Å². The van der Waals surface area contributed by atoms with E-state index in [2.05, 4.69) is 32.8 Å². The molecule has 0 atom stereocenters. The van der Waals surface area contributed by atoms with E-state index >= 15 is 0 Å². The minimum absolute atomic E-state index is 0.253. The molecule has 6 heteroatoms. The first kappa shape index (κ1) is 13.7. The highest BCUT2D eigenvalue weighted by Crippen LogP contribution is 2.40. The van der Waals surface area contributed by atoms with Crippen molar-refractivity contribution in [1.29, 1.82) is 0 Å². The Balaban J connectivity index is 2.02. The number of hydrogen-bond donors (Lipinski definition) is 2. The number of guanidine groups is 1. The van der Waals surface area contributed by atoms with Gasteiger partial charge in [-0.2, -0.15) is 0 Å². The van der Waals surface area contributed by atoms with E-state index in [0.29, 0.717) is 19.0 Å². The Morgan fingerprint density at radius 3 is 3.05 bits per heavy atom. The summed E-state index contributed by atoms with van der Waals surface area (Å²) in [6, 6.07) is 3.85. The first-order chi connectivity index (χ1) is 9.06. The van der Waals surface area contributed by atoms with Crippen LogP contribution in [0.4, 0.5) is 0 Å². The number of benzene rings is 1. The molecule has 1 aromatic carbocycles. The van der Waals surface area contributed by atoms with E-state index in [1.54, 1.807) is 0 Å². The number of aliphatic imine (C=N–C) groups is 1. The summed E-state index contributed by atoms with van der Waals surface area (Å²) in [7, 11) is 0. The summed E-state index contributed by atoms with van der Waals surface area (Å²) in [4.78, 5) is 4.26. The Hall–Kier alpha value is -1.69. The molecule has 0 saturated heterocycles. The molecule has 1 aromatic rings. The molecule has 0 saturated carbocycles. The molecule has 3 N–H and O–H groups in total. The van der Waals surface area contributed by atoms with Gasteiger partial charge >= 0.3 is 0 Å². The Morgan fingerprint density at radius 1 is 1.53 bits per heavy atom. The molecule has 0 radical (unpaired) electrons. The Kier molecular flexibility index (Phi) is 4.31. The minimum Gasteiger partial charge on any atom is -0.454 e. The first-order valence-corrected chi connectivity index (χ1v) is 6.62. The maximum absolute atomic E-state index is 5.75. The van der Waals surface area contributed by atoms with Crippen LogP contribution >= 0.6 is 15.9 Å². The normalized spacial score (nSPS) is 13.5. The lowest BCUT2D eigenvalue weighted by molar-refractivity contribution is 0.173. The number of nitrogens with zero attached hydrogens (tertiary/aromatic N) is 1. The van der Waals surface area contributed by atoms with Crippen LogP contribution in [-0.4, -0.2) is 19.3 Å². The fourth-order valence-electron chi connectivity index (χ4n) is 1.59. The molecule has 1 heterocycles. The summed E-state index contributed by atoms with van der Waals surface area (Å²) in [6.45, 7) is 7.07. The first-order valence-electron chi connectivity index (χ1n) is 5.82. The topological polar surface area (TPSA) is 68.9 Å². The highest BCUT2D eigenvalue weighted by Gasteiger charge is 2.17. The standard InChI is InChI=1S/C13H16BrN3O2/c1-8(2)5-16-13(15)17-6-9-3-10(14)12-11(4-9)18-7-19-12/h3-4H,1,5-7H2,2H3,(H3,15,16,17). The number of nitrogens with two attached hydrogens (primary N) is 1. The number of halogens is 1. The van der Waals surface area contributed by atoms with Gasteiger partial charge in [-0.3, -0.25) is 0 Å². The SMILES string of the molecule is C=C(C)CNC(N)=NCc1cc(Br)c2c(c1)OCO2. The summed E-state index contributed by atoms with van der Waals surface area (Å²) >= 11 is 3.44. The van der Waals surface area contributed by atoms with Crippen molar-refractivity contribution in [2.45, 2.75) is 13.5 Å². The fraction of sp³-hybridized carbons (Fsp3) is 0.308. The van der Waals surface area contributed by atoms with Gasteiger partial charge in [-0.05, 0) is 40.5 Å². The van der Waals surface area contributed by atoms with E-state index < -0.39 is 0 Å². The van der Waals surface area contributed by atoms with Crippen molar-refractivity contribution in [2.75, 3.05) is 13.3 Å². The van der Waals surface area contributed by atoms with Gasteiger partial charge in [-0.15, -0.1) is 0 Å². The molecule has 0 unspecified atom stereocenters. The molecule has 1 aliphatic rings. The molecule has 0 aliphatic carbocycles. The van der Waals surface area contributed by atoms with Crippen molar-refractivity contribution in [2.24, 2.45) is 10.7 Å². The second-order valence-corrected chi connectivity index (χ2v) is 5.18. The van der Waals surface area contributed by atoms with Crippen LogP contribution < -0.4 is 20.5 Å². The lowest BCUT2D eigenvalue weighted by Gasteiger charge is -2.06. The average Bonchev–Trinajstić information content (AvgIpc) is 2.82. The second kappa shape index (κ2) is 5.97. The lowest BCUT2D eigenvalue weighted by atomic mass is 10.2. The molecule has 0 fully saturated rings. The molecular formula is C13H16BrN3O2. The molecule has 0 aromatic heterocycles. The second-order valence-electron chi connectivity index (χ2n) is 4.32. The van der Waals surface area contributed by atoms with Crippen molar-refractivity contribution < 1.29 is 9.47 Å². The third-order valence-corrected chi connectivity index (χ3v) is 3.08. The summed E-state index contributed by atoms with van der Waals surface area (Å²) in [5, 5.41) is 2.98. The highest BCUT2D eigenvalue weighted by atomic mass is 79.9. The minimum atomic E-state index is 0.253. The van der Waals surface area contributed by atoms with Crippen LogP contribution in [0.1, 0.15) is 12.5 Å². The largest absolute Gasteiger partial charge is 0.454 e. The number of fused-ring (bicyclic) bond motifs is 1. The van der Waals surface area contributed by atoms with Gasteiger partial charge in [0.1, 0.15) is 0 Å². The number of ether oxygens (including phenoxy) is 2. The van der Waals surface area contributed by atoms with E-state index in [1.165, 1.54) is 0 Å². The zero-order valence-corrected chi connectivity index (χ0v) is 12.3. The summed E-state index contributed by atoms with van der Waals surface area (Å²) in [5.41, 5.74) is 7.75. The van der Waals surface area contributed by atoms with Crippen molar-refractivity contribution >= 4 is 21.9 Å². The van der Waals surface area contributed by atoms with Gasteiger partial charge in [-0.25, -0.2) is 4.99 Å². The molecule has 1 aliphatic heterocycles. The van der Waals surface area contributed by atoms with Crippen LogP contribution in [0, 0.1) is 0 Å². The molecule has 102 valence electrons. The van der Waals surface area contributed by atoms with Crippen LogP contribution in [0.25, 0.3) is 0 Å². The Bertz CT molecular complexity index is 529. The zero-order valence-electron chi connectivity index (χ0n) is 10.7. The third-order valence-electron chi connectivity index (χ3n) is 2.49. The highest BCUT2D eigenvalue weighted by molar-refractivity contribution is 9.10. The molecule has 5 nitrogen and oxygen atoms in total. The van der Waals surface area contributed by atoms with E-state index in [4.69, 9.17) is 15.2 Å². The number of hydrogen-bond acceptors (Lipinski definition) is 3. The fourth-order valence-corrected chi connectivity index (χ4v) is 2.19. The summed E-state index contributed by atoms with van der Waals surface area (Å²) in [6.07, 6.45) is 0. The van der Waals surface area contributed by atoms with Crippen LogP contribution in [-0.2, 0) is 6.54 Å². The van der Waals surface area contributed by atoms with Gasteiger partial charge in [0, 0.05) is 6.54 Å². The van der Waals surface area contributed by atoms with E-state index in [-0.39, 0.29) is 6.79 Å². The van der Waals surface area contributed by atoms with E-state index in [0.717, 1.165) is 27.1 Å². The van der Waals surface area contributed by atoms with Crippen molar-refractivity contribution in [3.63, 3.8) is 0 Å². The predicted molar refractivity (Wildman–Crippen MR) is 78.4 cm³/mol. The van der Waals surface area contributed by atoms with Gasteiger partial charge in [0.15, 0.2) is 17.5 Å². The molecule has 0 bridgehead atoms. The summed E-state index contributed by atoms with van der Waals surface area (Å²) < 4.78 is 11.5. The molecule has 2 rings (SSSR count). The lowest BCUT2D eigenvalue weighted by Crippen LogP contribution is -2.32. The third kappa shape index (κ3) is 3.64. The number of rotatable bonds is 4. The smallest absolute Gasteiger partial charge is 0.231 e. The Morgan fingerprint density at radius 2 is 2.32 bits per heavy atom. The zero-order chi connectivity index (χ0) is 13.8. The van der Waals surface area contributed by atoms with E-state index in [9.17, 15) is 0 Å².